The van der Waals surface area contributed by atoms with Crippen molar-refractivity contribution in [3.05, 3.63) is 35.4 Å². The monoisotopic (exact) mass is 260 g/mol. The first-order valence-corrected chi connectivity index (χ1v) is 7.23. The van der Waals surface area contributed by atoms with Crippen molar-refractivity contribution in [2.75, 3.05) is 39.3 Å². The molecule has 0 spiro atoms. The van der Waals surface area contributed by atoms with E-state index in [1.807, 2.05) is 31.2 Å². The lowest BCUT2D eigenvalue weighted by Crippen LogP contribution is -2.47. The third-order valence-corrected chi connectivity index (χ3v) is 3.71. The first kappa shape index (κ1) is 14.2. The molecular formula is C16H24N2O. The van der Waals surface area contributed by atoms with Crippen molar-refractivity contribution in [3.8, 4) is 0 Å². The summed E-state index contributed by atoms with van der Waals surface area (Å²) < 4.78 is 0. The number of hydrogen-bond acceptors (Lipinski definition) is 3. The highest BCUT2D eigenvalue weighted by molar-refractivity contribution is 5.97. The maximum Gasteiger partial charge on any atom is 0.176 e. The Bertz CT molecular complexity index is 423. The highest BCUT2D eigenvalue weighted by Crippen LogP contribution is 2.08. The smallest absolute Gasteiger partial charge is 0.176 e. The van der Waals surface area contributed by atoms with E-state index in [0.29, 0.717) is 6.54 Å². The summed E-state index contributed by atoms with van der Waals surface area (Å²) in [5, 5.41) is 0. The van der Waals surface area contributed by atoms with E-state index in [-0.39, 0.29) is 5.78 Å². The minimum atomic E-state index is 0.243. The van der Waals surface area contributed by atoms with Crippen LogP contribution in [0, 0.1) is 6.92 Å². The summed E-state index contributed by atoms with van der Waals surface area (Å²) >= 11 is 0. The summed E-state index contributed by atoms with van der Waals surface area (Å²) in [6.07, 6.45) is 1.21. The van der Waals surface area contributed by atoms with Crippen molar-refractivity contribution in [2.24, 2.45) is 0 Å². The lowest BCUT2D eigenvalue weighted by Gasteiger charge is -2.34. The number of nitrogens with zero attached hydrogens (tertiary/aromatic N) is 2. The molecule has 0 amide bonds. The van der Waals surface area contributed by atoms with Crippen molar-refractivity contribution in [1.29, 1.82) is 0 Å². The summed E-state index contributed by atoms with van der Waals surface area (Å²) in [6.45, 7) is 10.2. The summed E-state index contributed by atoms with van der Waals surface area (Å²) in [6, 6.07) is 7.89. The summed E-state index contributed by atoms with van der Waals surface area (Å²) in [4.78, 5) is 17.0. The number of carbonyl (C=O) groups excluding carboxylic acids is 1. The molecule has 0 saturated carbocycles. The Labute approximate surface area is 116 Å². The van der Waals surface area contributed by atoms with E-state index in [0.717, 1.165) is 37.3 Å². The quantitative estimate of drug-likeness (QED) is 0.758. The molecule has 0 unspecified atom stereocenters. The van der Waals surface area contributed by atoms with Crippen LogP contribution in [0.4, 0.5) is 0 Å². The molecule has 3 nitrogen and oxygen atoms in total. The molecule has 1 heterocycles. The van der Waals surface area contributed by atoms with Gasteiger partial charge in [-0.15, -0.1) is 0 Å². The van der Waals surface area contributed by atoms with Crippen LogP contribution < -0.4 is 0 Å². The van der Waals surface area contributed by atoms with E-state index in [4.69, 9.17) is 0 Å². The number of piperazine rings is 1. The van der Waals surface area contributed by atoms with Gasteiger partial charge in [0.2, 0.25) is 0 Å². The zero-order valence-corrected chi connectivity index (χ0v) is 12.1. The molecule has 0 aliphatic carbocycles. The van der Waals surface area contributed by atoms with E-state index in [9.17, 15) is 4.79 Å². The summed E-state index contributed by atoms with van der Waals surface area (Å²) in [7, 11) is 0. The van der Waals surface area contributed by atoms with Crippen LogP contribution in [0.1, 0.15) is 29.3 Å². The Morgan fingerprint density at radius 2 is 1.84 bits per heavy atom. The van der Waals surface area contributed by atoms with E-state index < -0.39 is 0 Å². The van der Waals surface area contributed by atoms with Gasteiger partial charge in [-0.05, 0) is 26.0 Å². The highest BCUT2D eigenvalue weighted by atomic mass is 16.1. The molecule has 0 N–H and O–H groups in total. The number of ketones is 1. The van der Waals surface area contributed by atoms with Crippen LogP contribution >= 0.6 is 0 Å². The van der Waals surface area contributed by atoms with E-state index in [1.165, 1.54) is 13.0 Å². The molecule has 1 aliphatic heterocycles. The second kappa shape index (κ2) is 6.83. The number of rotatable bonds is 5. The third-order valence-electron chi connectivity index (χ3n) is 3.71. The largest absolute Gasteiger partial charge is 0.301 e. The Morgan fingerprint density at radius 3 is 2.47 bits per heavy atom. The topological polar surface area (TPSA) is 23.6 Å². The number of hydrogen-bond donors (Lipinski definition) is 0. The van der Waals surface area contributed by atoms with Crippen molar-refractivity contribution in [1.82, 2.24) is 9.80 Å². The normalized spacial score (nSPS) is 17.6. The number of benzene rings is 1. The van der Waals surface area contributed by atoms with Gasteiger partial charge in [-0.25, -0.2) is 0 Å². The third kappa shape index (κ3) is 4.15. The first-order valence-electron chi connectivity index (χ1n) is 7.23. The van der Waals surface area contributed by atoms with Crippen molar-refractivity contribution in [2.45, 2.75) is 20.3 Å². The van der Waals surface area contributed by atoms with Gasteiger partial charge < -0.3 is 4.90 Å². The van der Waals surface area contributed by atoms with Crippen LogP contribution in [0.2, 0.25) is 0 Å². The van der Waals surface area contributed by atoms with Gasteiger partial charge >= 0.3 is 0 Å². The van der Waals surface area contributed by atoms with E-state index in [1.54, 1.807) is 0 Å². The Morgan fingerprint density at radius 1 is 1.16 bits per heavy atom. The fourth-order valence-electron chi connectivity index (χ4n) is 2.60. The predicted molar refractivity (Wildman–Crippen MR) is 78.7 cm³/mol. The zero-order valence-electron chi connectivity index (χ0n) is 12.1. The first-order chi connectivity index (χ1) is 9.19. The predicted octanol–water partition coefficient (Wildman–Crippen LogP) is 2.21. The molecule has 1 saturated heterocycles. The van der Waals surface area contributed by atoms with Gasteiger partial charge in [-0.1, -0.05) is 30.7 Å². The van der Waals surface area contributed by atoms with Crippen molar-refractivity contribution in [3.63, 3.8) is 0 Å². The van der Waals surface area contributed by atoms with Gasteiger partial charge in [0.15, 0.2) is 5.78 Å². The average molecular weight is 260 g/mol. The van der Waals surface area contributed by atoms with Crippen LogP contribution in [-0.4, -0.2) is 54.9 Å². The highest BCUT2D eigenvalue weighted by Gasteiger charge is 2.18. The maximum atomic E-state index is 12.2. The van der Waals surface area contributed by atoms with Crippen LogP contribution in [0.3, 0.4) is 0 Å². The molecule has 0 radical (unpaired) electrons. The summed E-state index contributed by atoms with van der Waals surface area (Å²) in [5.74, 6) is 0.243. The minimum Gasteiger partial charge on any atom is -0.301 e. The van der Waals surface area contributed by atoms with Crippen LogP contribution in [-0.2, 0) is 0 Å². The SMILES string of the molecule is CCCN1CCN(CC(=O)c2cccc(C)c2)CC1. The Balaban J connectivity index is 1.84. The van der Waals surface area contributed by atoms with Gasteiger partial charge in [0.25, 0.3) is 0 Å². The number of aryl methyl sites for hydroxylation is 1. The standard InChI is InChI=1S/C16H24N2O/c1-3-7-17-8-10-18(11-9-17)13-16(19)15-6-4-5-14(2)12-15/h4-6,12H,3,7-11,13H2,1-2H3. The van der Waals surface area contributed by atoms with E-state index in [2.05, 4.69) is 16.7 Å². The van der Waals surface area contributed by atoms with Crippen LogP contribution in [0.5, 0.6) is 0 Å². The van der Waals surface area contributed by atoms with Crippen LogP contribution in [0.15, 0.2) is 24.3 Å². The molecule has 1 fully saturated rings. The Kier molecular flexibility index (Phi) is 5.11. The number of carbonyl (C=O) groups is 1. The molecule has 0 aromatic heterocycles. The molecular weight excluding hydrogens is 236 g/mol. The molecule has 2 rings (SSSR count). The second-order valence-electron chi connectivity index (χ2n) is 5.41. The van der Waals surface area contributed by atoms with Crippen molar-refractivity contribution >= 4 is 5.78 Å². The maximum absolute atomic E-state index is 12.2. The molecule has 19 heavy (non-hydrogen) atoms. The van der Waals surface area contributed by atoms with Gasteiger partial charge in [0.05, 0.1) is 6.54 Å². The second-order valence-corrected chi connectivity index (χ2v) is 5.41. The van der Waals surface area contributed by atoms with Gasteiger partial charge in [0.1, 0.15) is 0 Å². The fourth-order valence-corrected chi connectivity index (χ4v) is 2.60. The van der Waals surface area contributed by atoms with Gasteiger partial charge in [-0.3, -0.25) is 9.69 Å². The molecule has 1 aromatic rings. The molecule has 0 atom stereocenters. The van der Waals surface area contributed by atoms with Gasteiger partial charge in [0, 0.05) is 31.7 Å². The lowest BCUT2D eigenvalue weighted by atomic mass is 10.1. The number of Topliss-reactive ketones (excluding diaryl/α,β-unsaturated/α-hetero) is 1. The molecule has 0 bridgehead atoms. The fraction of sp³-hybridized carbons (Fsp3) is 0.562. The van der Waals surface area contributed by atoms with Crippen LogP contribution in [0.25, 0.3) is 0 Å². The molecule has 1 aliphatic rings. The molecule has 1 aromatic carbocycles. The Hall–Kier alpha value is -1.19. The van der Waals surface area contributed by atoms with Crippen molar-refractivity contribution < 1.29 is 4.79 Å². The molecule has 104 valence electrons. The van der Waals surface area contributed by atoms with Gasteiger partial charge in [-0.2, -0.15) is 0 Å². The summed E-state index contributed by atoms with van der Waals surface area (Å²) in [5.41, 5.74) is 2.00. The average Bonchev–Trinajstić information content (AvgIpc) is 2.41. The lowest BCUT2D eigenvalue weighted by molar-refractivity contribution is 0.0853. The minimum absolute atomic E-state index is 0.243. The zero-order chi connectivity index (χ0) is 13.7. The van der Waals surface area contributed by atoms with E-state index >= 15 is 0 Å². The molecule has 3 heteroatoms.